The van der Waals surface area contributed by atoms with E-state index in [9.17, 15) is 19.2 Å². The van der Waals surface area contributed by atoms with Crippen molar-refractivity contribution in [2.45, 2.75) is 18.9 Å². The quantitative estimate of drug-likeness (QED) is 0.113. The van der Waals surface area contributed by atoms with E-state index in [2.05, 4.69) is 41.0 Å². The number of fused-ring (bicyclic) bond motifs is 3. The summed E-state index contributed by atoms with van der Waals surface area (Å²) in [7, 11) is 1.50. The number of nitrogens with one attached hydrogen (secondary N) is 3. The van der Waals surface area contributed by atoms with Gasteiger partial charge in [-0.2, -0.15) is 5.48 Å². The topological polar surface area (TPSA) is 132 Å². The maximum Gasteiger partial charge on any atom is 0.407 e. The van der Waals surface area contributed by atoms with Crippen molar-refractivity contribution in [3.63, 3.8) is 0 Å². The van der Waals surface area contributed by atoms with E-state index in [1.54, 1.807) is 12.1 Å². The number of carbonyl (C=O) groups excluding carboxylic acids is 4. The Morgan fingerprint density at radius 3 is 2.00 bits per heavy atom. The highest BCUT2D eigenvalue weighted by Gasteiger charge is 2.24. The minimum atomic E-state index is -1.08. The molecule has 0 bridgehead atoms. The number of carbonyl (C=O) groups is 4. The predicted molar refractivity (Wildman–Crippen MR) is 191 cm³/mol. The Bertz CT molecular complexity index is 2120. The summed E-state index contributed by atoms with van der Waals surface area (Å²) >= 11 is 0. The van der Waals surface area contributed by atoms with Gasteiger partial charge in [-0.1, -0.05) is 91.0 Å². The normalized spacial score (nSPS) is 11.5. The molecule has 252 valence electrons. The first-order chi connectivity index (χ1) is 24.4. The maximum absolute atomic E-state index is 13.5. The number of methoxy groups -OCH3 is 1. The molecule has 3 N–H and O–H groups in total. The third kappa shape index (κ3) is 7.99. The summed E-state index contributed by atoms with van der Waals surface area (Å²) in [6.45, 7) is -0.430. The maximum atomic E-state index is 13.5. The fraction of sp³-hybridized carbons (Fsp3) is 0.150. The van der Waals surface area contributed by atoms with Crippen LogP contribution in [0.25, 0.3) is 32.3 Å². The number of hydrogen-bond acceptors (Lipinski definition) is 7. The van der Waals surface area contributed by atoms with E-state index >= 15 is 0 Å². The Hall–Kier alpha value is -6.42. The van der Waals surface area contributed by atoms with Gasteiger partial charge in [-0.05, 0) is 73.8 Å². The molecular weight excluding hydrogens is 634 g/mol. The highest BCUT2D eigenvalue weighted by Crippen LogP contribution is 2.29. The van der Waals surface area contributed by atoms with Crippen molar-refractivity contribution in [3.05, 3.63) is 138 Å². The Balaban J connectivity index is 1.10. The van der Waals surface area contributed by atoms with Gasteiger partial charge in [0.1, 0.15) is 11.8 Å². The van der Waals surface area contributed by atoms with Gasteiger partial charge in [0.25, 0.3) is 5.91 Å². The highest BCUT2D eigenvalue weighted by molar-refractivity contribution is 6.02. The van der Waals surface area contributed by atoms with Gasteiger partial charge in [0.05, 0.1) is 25.8 Å². The second-order valence-corrected chi connectivity index (χ2v) is 11.6. The van der Waals surface area contributed by atoms with E-state index in [4.69, 9.17) is 14.3 Å². The third-order valence-corrected chi connectivity index (χ3v) is 8.39. The highest BCUT2D eigenvalue weighted by atomic mass is 16.7. The van der Waals surface area contributed by atoms with Gasteiger partial charge in [0.15, 0.2) is 0 Å². The number of benzene rings is 6. The van der Waals surface area contributed by atoms with Crippen LogP contribution in [0, 0.1) is 0 Å². The first kappa shape index (κ1) is 33.5. The van der Waals surface area contributed by atoms with Gasteiger partial charge < -0.3 is 24.9 Å². The molecule has 0 unspecified atom stereocenters. The van der Waals surface area contributed by atoms with Crippen LogP contribution in [0.1, 0.15) is 21.5 Å². The zero-order chi connectivity index (χ0) is 34.9. The molecule has 1 atom stereocenters. The number of alkyl carbamates (subject to hydrolysis) is 1. The molecule has 6 rings (SSSR count). The molecule has 10 heteroatoms. The fourth-order valence-electron chi connectivity index (χ4n) is 5.92. The second kappa shape index (κ2) is 15.7. The minimum absolute atomic E-state index is 0.0778. The lowest BCUT2D eigenvalue weighted by molar-refractivity contribution is -0.132. The SMILES string of the molecule is COc1ccc(C(=O)ONC(=O)CNC(=O)[C@H](Cc2cccc3ccccc23)NC(=O)OCCc2c3ccccc3cc3ccccc23)cc1. The first-order valence-electron chi connectivity index (χ1n) is 16.1. The van der Waals surface area contributed by atoms with Crippen LogP contribution in [-0.2, 0) is 32.0 Å². The zero-order valence-corrected chi connectivity index (χ0v) is 27.3. The van der Waals surface area contributed by atoms with Gasteiger partial charge in [-0.25, -0.2) is 9.59 Å². The van der Waals surface area contributed by atoms with E-state index in [0.29, 0.717) is 12.2 Å². The van der Waals surface area contributed by atoms with Crippen LogP contribution in [0.3, 0.4) is 0 Å². The van der Waals surface area contributed by atoms with Gasteiger partial charge in [-0.15, -0.1) is 0 Å². The molecule has 0 radical (unpaired) electrons. The minimum Gasteiger partial charge on any atom is -0.497 e. The molecule has 50 heavy (non-hydrogen) atoms. The average Bonchev–Trinajstić information content (AvgIpc) is 3.15. The summed E-state index contributed by atoms with van der Waals surface area (Å²) in [5.41, 5.74) is 4.12. The molecule has 0 heterocycles. The van der Waals surface area contributed by atoms with Gasteiger partial charge in [0, 0.05) is 12.8 Å². The summed E-state index contributed by atoms with van der Waals surface area (Å²) in [5, 5.41) is 11.5. The van der Waals surface area contributed by atoms with Crippen molar-refractivity contribution in [3.8, 4) is 5.75 Å². The van der Waals surface area contributed by atoms with Crippen LogP contribution in [0.4, 0.5) is 4.79 Å². The molecule has 0 saturated carbocycles. The summed E-state index contributed by atoms with van der Waals surface area (Å²) < 4.78 is 10.7. The smallest absolute Gasteiger partial charge is 0.407 e. The van der Waals surface area contributed by atoms with Crippen molar-refractivity contribution in [1.82, 2.24) is 16.1 Å². The summed E-state index contributed by atoms with van der Waals surface area (Å²) in [6, 6.07) is 36.8. The van der Waals surface area contributed by atoms with Gasteiger partial charge >= 0.3 is 12.1 Å². The van der Waals surface area contributed by atoms with E-state index < -0.39 is 36.5 Å². The Morgan fingerprint density at radius 2 is 1.32 bits per heavy atom. The molecule has 0 aromatic heterocycles. The Morgan fingerprint density at radius 1 is 0.700 bits per heavy atom. The van der Waals surface area contributed by atoms with Crippen molar-refractivity contribution in [1.29, 1.82) is 0 Å². The van der Waals surface area contributed by atoms with Crippen LogP contribution < -0.4 is 20.9 Å². The number of amides is 3. The molecule has 3 amide bonds. The lowest BCUT2D eigenvalue weighted by atomic mass is 9.95. The third-order valence-electron chi connectivity index (χ3n) is 8.39. The molecule has 0 saturated heterocycles. The average molecular weight is 670 g/mol. The number of hydrogen-bond donors (Lipinski definition) is 3. The van der Waals surface area contributed by atoms with Crippen LogP contribution in [0.2, 0.25) is 0 Å². The standard InChI is InChI=1S/C40H35N3O7/c1-48-31-19-17-27(18-20-31)39(46)50-43-37(44)25-41-38(45)36(24-30-13-8-12-26-9-2-5-14-32(26)30)42-40(47)49-22-21-35-33-15-6-3-10-28(33)23-29-11-4-7-16-34(29)35/h2-20,23,36H,21-22,24-25H2,1H3,(H,41,45)(H,42,47)(H,43,44)/t36-/m0/s1. The van der Waals surface area contributed by atoms with E-state index in [1.807, 2.05) is 72.2 Å². The van der Waals surface area contributed by atoms with Crippen LogP contribution in [-0.4, -0.2) is 50.2 Å². The first-order valence-corrected chi connectivity index (χ1v) is 16.1. The predicted octanol–water partition coefficient (Wildman–Crippen LogP) is 6.04. The molecule has 0 spiro atoms. The Labute approximate surface area is 288 Å². The largest absolute Gasteiger partial charge is 0.497 e. The van der Waals surface area contributed by atoms with Crippen LogP contribution in [0.15, 0.2) is 121 Å². The molecule has 0 aliphatic heterocycles. The van der Waals surface area contributed by atoms with Crippen molar-refractivity contribution >= 4 is 56.2 Å². The number of rotatable bonds is 11. The molecule has 0 aliphatic rings. The van der Waals surface area contributed by atoms with Crippen LogP contribution >= 0.6 is 0 Å². The van der Waals surface area contributed by atoms with Gasteiger partial charge in [-0.3, -0.25) is 9.59 Å². The van der Waals surface area contributed by atoms with E-state index in [-0.39, 0.29) is 18.6 Å². The number of hydroxylamine groups is 1. The second-order valence-electron chi connectivity index (χ2n) is 11.6. The van der Waals surface area contributed by atoms with Gasteiger partial charge in [0.2, 0.25) is 5.91 Å². The molecule has 6 aromatic carbocycles. The molecular formula is C40H35N3O7. The molecule has 0 aliphatic carbocycles. The zero-order valence-electron chi connectivity index (χ0n) is 27.3. The monoisotopic (exact) mass is 669 g/mol. The lowest BCUT2D eigenvalue weighted by Gasteiger charge is -2.19. The fourth-order valence-corrected chi connectivity index (χ4v) is 5.92. The molecule has 10 nitrogen and oxygen atoms in total. The summed E-state index contributed by atoms with van der Waals surface area (Å²) in [5.74, 6) is -1.62. The van der Waals surface area contributed by atoms with E-state index in [1.165, 1.54) is 19.2 Å². The Kier molecular flexibility index (Phi) is 10.5. The molecule has 6 aromatic rings. The van der Waals surface area contributed by atoms with Crippen LogP contribution in [0.5, 0.6) is 5.75 Å². The van der Waals surface area contributed by atoms with Crippen molar-refractivity contribution in [2.75, 3.05) is 20.3 Å². The van der Waals surface area contributed by atoms with E-state index in [0.717, 1.165) is 43.4 Å². The molecule has 0 fully saturated rings. The van der Waals surface area contributed by atoms with Crippen molar-refractivity contribution in [2.24, 2.45) is 0 Å². The lowest BCUT2D eigenvalue weighted by Crippen LogP contribution is -2.50. The number of ether oxygens (including phenoxy) is 2. The summed E-state index contributed by atoms with van der Waals surface area (Å²) in [4.78, 5) is 56.3. The summed E-state index contributed by atoms with van der Waals surface area (Å²) in [6.07, 6.45) is -0.178. The van der Waals surface area contributed by atoms with Crippen molar-refractivity contribution < 1.29 is 33.5 Å².